The number of methoxy groups -OCH3 is 2. The molecule has 3 aromatic carbocycles. The van der Waals surface area contributed by atoms with E-state index in [9.17, 15) is 20.0 Å². The van der Waals surface area contributed by atoms with Crippen LogP contribution in [0.25, 0.3) is 0 Å². The molecule has 3 N–H and O–H groups in total. The Labute approximate surface area is 235 Å². The van der Waals surface area contributed by atoms with Crippen molar-refractivity contribution < 1.29 is 38.5 Å². The van der Waals surface area contributed by atoms with Crippen LogP contribution in [0.3, 0.4) is 0 Å². The van der Waals surface area contributed by atoms with Gasteiger partial charge in [0.2, 0.25) is 12.5 Å². The summed E-state index contributed by atoms with van der Waals surface area (Å²) >= 11 is 0. The number of fused-ring (bicyclic) bond motifs is 3. The summed E-state index contributed by atoms with van der Waals surface area (Å²) in [6, 6.07) is 13.3. The number of benzene rings is 3. The van der Waals surface area contributed by atoms with Crippen LogP contribution in [0.5, 0.6) is 28.7 Å². The van der Waals surface area contributed by atoms with Crippen molar-refractivity contribution in [1.29, 1.82) is 0 Å². The summed E-state index contributed by atoms with van der Waals surface area (Å²) in [5.41, 5.74) is 3.37. The maximum atomic E-state index is 13.3. The van der Waals surface area contributed by atoms with Gasteiger partial charge in [-0.25, -0.2) is 0 Å². The number of rotatable bonds is 9. The summed E-state index contributed by atoms with van der Waals surface area (Å²) in [6.45, 7) is 1.43. The normalized spacial score (nSPS) is 22.0. The number of carbonyl (C=O) groups excluding carboxylic acids is 1. The number of nitro benzene ring substituents is 1. The minimum Gasteiger partial charge on any atom is -0.502 e. The van der Waals surface area contributed by atoms with Crippen LogP contribution in [-0.4, -0.2) is 56.7 Å². The molecule has 214 valence electrons. The second-order valence-electron chi connectivity index (χ2n) is 10.1. The maximum Gasteiger partial charge on any atom is 0.310 e. The van der Waals surface area contributed by atoms with E-state index in [0.717, 1.165) is 22.4 Å². The SMILES string of the molecule is COc1cc([C@@H]2c3cc4c(cc3[C@@H](NCCNc3ccc([N+](=O)[O-])cc3)[C@H]3COC(=O)[C@H]23)OCO4)cc(OC)c1O. The van der Waals surface area contributed by atoms with Gasteiger partial charge in [0.1, 0.15) is 0 Å². The zero-order valence-electron chi connectivity index (χ0n) is 22.4. The van der Waals surface area contributed by atoms with Crippen molar-refractivity contribution in [1.82, 2.24) is 5.32 Å². The van der Waals surface area contributed by atoms with Crippen LogP contribution in [0.4, 0.5) is 11.4 Å². The maximum absolute atomic E-state index is 13.3. The van der Waals surface area contributed by atoms with Crippen molar-refractivity contribution in [2.75, 3.05) is 46.0 Å². The number of phenols is 1. The number of aromatic hydroxyl groups is 1. The molecule has 2 heterocycles. The van der Waals surface area contributed by atoms with Gasteiger partial charge in [-0.05, 0) is 53.1 Å². The molecule has 0 amide bonds. The second-order valence-corrected chi connectivity index (χ2v) is 10.1. The number of phenolic OH excluding ortho intramolecular Hbond substituents is 1. The predicted octanol–water partition coefficient (Wildman–Crippen LogP) is 3.72. The summed E-state index contributed by atoms with van der Waals surface area (Å²) in [4.78, 5) is 23.8. The highest BCUT2D eigenvalue weighted by molar-refractivity contribution is 5.79. The van der Waals surface area contributed by atoms with Crippen molar-refractivity contribution >= 4 is 17.3 Å². The van der Waals surface area contributed by atoms with Gasteiger partial charge in [-0.2, -0.15) is 0 Å². The van der Waals surface area contributed by atoms with E-state index in [1.807, 2.05) is 12.1 Å². The lowest BCUT2D eigenvalue weighted by Crippen LogP contribution is -2.42. The Bertz CT molecular complexity index is 1470. The first-order chi connectivity index (χ1) is 19.9. The lowest BCUT2D eigenvalue weighted by molar-refractivity contribution is -0.384. The highest BCUT2D eigenvalue weighted by Gasteiger charge is 2.52. The largest absolute Gasteiger partial charge is 0.502 e. The Morgan fingerprint density at radius 1 is 0.976 bits per heavy atom. The molecule has 0 bridgehead atoms. The molecule has 12 nitrogen and oxygen atoms in total. The van der Waals surface area contributed by atoms with Crippen LogP contribution in [0.2, 0.25) is 0 Å². The molecule has 0 unspecified atom stereocenters. The molecule has 4 atom stereocenters. The molecule has 0 spiro atoms. The Balaban J connectivity index is 1.33. The van der Waals surface area contributed by atoms with Gasteiger partial charge >= 0.3 is 5.97 Å². The highest BCUT2D eigenvalue weighted by Crippen LogP contribution is 2.55. The van der Waals surface area contributed by atoms with Gasteiger partial charge in [0.05, 0.1) is 31.7 Å². The molecule has 1 fully saturated rings. The predicted molar refractivity (Wildman–Crippen MR) is 146 cm³/mol. The monoisotopic (exact) mass is 563 g/mol. The van der Waals surface area contributed by atoms with Gasteiger partial charge in [-0.15, -0.1) is 0 Å². The summed E-state index contributed by atoms with van der Waals surface area (Å²) in [6.07, 6.45) is 0. The van der Waals surface area contributed by atoms with E-state index < -0.39 is 16.8 Å². The molecule has 0 radical (unpaired) electrons. The topological polar surface area (TPSA) is 151 Å². The van der Waals surface area contributed by atoms with E-state index >= 15 is 0 Å². The van der Waals surface area contributed by atoms with E-state index in [1.54, 1.807) is 24.3 Å². The number of non-ortho nitro benzene ring substituents is 1. The molecular weight excluding hydrogens is 534 g/mol. The molecule has 12 heteroatoms. The van der Waals surface area contributed by atoms with E-state index in [2.05, 4.69) is 10.6 Å². The highest BCUT2D eigenvalue weighted by atomic mass is 16.7. The molecule has 41 heavy (non-hydrogen) atoms. The Hall–Kier alpha value is -4.71. The molecule has 2 aliphatic heterocycles. The van der Waals surface area contributed by atoms with Gasteiger partial charge in [0.15, 0.2) is 23.0 Å². The fraction of sp³-hybridized carbons (Fsp3) is 0.345. The number of anilines is 1. The Kier molecular flexibility index (Phi) is 6.91. The third kappa shape index (κ3) is 4.69. The first kappa shape index (κ1) is 26.5. The van der Waals surface area contributed by atoms with Crippen molar-refractivity contribution in [2.24, 2.45) is 11.8 Å². The van der Waals surface area contributed by atoms with Crippen LogP contribution in [-0.2, 0) is 9.53 Å². The minimum atomic E-state index is -0.512. The smallest absolute Gasteiger partial charge is 0.310 e. The van der Waals surface area contributed by atoms with Crippen molar-refractivity contribution in [3.63, 3.8) is 0 Å². The van der Waals surface area contributed by atoms with Gasteiger partial charge in [-0.1, -0.05) is 0 Å². The number of carbonyl (C=O) groups is 1. The van der Waals surface area contributed by atoms with Crippen LogP contribution in [0, 0.1) is 22.0 Å². The molecule has 0 aromatic heterocycles. The number of nitrogens with zero attached hydrogens (tertiary/aromatic N) is 1. The lowest BCUT2D eigenvalue weighted by atomic mass is 9.65. The zero-order chi connectivity index (χ0) is 28.7. The molecule has 1 saturated heterocycles. The lowest BCUT2D eigenvalue weighted by Gasteiger charge is -2.39. The second kappa shape index (κ2) is 10.7. The zero-order valence-corrected chi connectivity index (χ0v) is 22.4. The van der Waals surface area contributed by atoms with E-state index in [1.165, 1.54) is 26.4 Å². The fourth-order valence-electron chi connectivity index (χ4n) is 6.05. The third-order valence-electron chi connectivity index (χ3n) is 7.94. The van der Waals surface area contributed by atoms with Crippen LogP contribution in [0.1, 0.15) is 28.7 Å². The van der Waals surface area contributed by atoms with Gasteiger partial charge in [-0.3, -0.25) is 14.9 Å². The average molecular weight is 564 g/mol. The third-order valence-corrected chi connectivity index (χ3v) is 7.94. The molecule has 3 aliphatic rings. The van der Waals surface area contributed by atoms with E-state index in [-0.39, 0.29) is 54.3 Å². The van der Waals surface area contributed by atoms with Gasteiger partial charge in [0, 0.05) is 48.8 Å². The number of hydrogen-bond donors (Lipinski definition) is 3. The molecule has 0 saturated carbocycles. The van der Waals surface area contributed by atoms with Crippen LogP contribution in [0.15, 0.2) is 48.5 Å². The van der Waals surface area contributed by atoms with Gasteiger partial charge in [0.25, 0.3) is 5.69 Å². The van der Waals surface area contributed by atoms with Crippen LogP contribution >= 0.6 is 0 Å². The number of cyclic esters (lactones) is 1. The number of ether oxygens (including phenoxy) is 5. The Morgan fingerprint density at radius 3 is 2.27 bits per heavy atom. The number of nitro groups is 1. The van der Waals surface area contributed by atoms with Gasteiger partial charge < -0.3 is 39.4 Å². The first-order valence-corrected chi connectivity index (χ1v) is 13.2. The number of hydrogen-bond acceptors (Lipinski definition) is 11. The molecule has 3 aromatic rings. The average Bonchev–Trinajstić information content (AvgIpc) is 3.60. The molecular formula is C29H29N3O9. The Morgan fingerprint density at radius 2 is 1.63 bits per heavy atom. The molecule has 6 rings (SSSR count). The summed E-state index contributed by atoms with van der Waals surface area (Å²) in [7, 11) is 2.92. The van der Waals surface area contributed by atoms with Crippen molar-refractivity contribution in [3.8, 4) is 28.7 Å². The number of esters is 1. The summed E-state index contributed by atoms with van der Waals surface area (Å²) in [5.74, 6) is 0.157. The minimum absolute atomic E-state index is 0.0292. The summed E-state index contributed by atoms with van der Waals surface area (Å²) < 4.78 is 27.9. The van der Waals surface area contributed by atoms with Crippen molar-refractivity contribution in [3.05, 3.63) is 75.3 Å². The van der Waals surface area contributed by atoms with Crippen molar-refractivity contribution in [2.45, 2.75) is 12.0 Å². The van der Waals surface area contributed by atoms with E-state index in [4.69, 9.17) is 23.7 Å². The van der Waals surface area contributed by atoms with Crippen LogP contribution < -0.4 is 29.6 Å². The summed E-state index contributed by atoms with van der Waals surface area (Å²) in [5, 5.41) is 28.3. The molecule has 1 aliphatic carbocycles. The fourth-order valence-corrected chi connectivity index (χ4v) is 6.05. The first-order valence-electron chi connectivity index (χ1n) is 13.2. The number of nitrogens with one attached hydrogen (secondary N) is 2. The van der Waals surface area contributed by atoms with E-state index in [0.29, 0.717) is 24.6 Å². The standard InChI is InChI=1S/C29H29N3O9/c1-37-23-9-15(10-24(38-2)28(23)33)25-18-11-21-22(41-14-40-21)12-19(18)27(20-13-39-29(34)26(20)25)31-8-7-30-16-3-5-17(6-4-16)32(35)36/h3-6,9-12,20,25-27,30-31,33H,7-8,13-14H2,1-2H3/t20-,25+,26-,27+/m0/s1. The quantitative estimate of drug-likeness (QED) is 0.151.